The largest absolute Gasteiger partial charge is 0.345 e. The van der Waals surface area contributed by atoms with Crippen LogP contribution in [0.25, 0.3) is 11.0 Å². The van der Waals surface area contributed by atoms with E-state index in [-0.39, 0.29) is 17.7 Å². The molecular weight excluding hydrogens is 421 g/mol. The quantitative estimate of drug-likeness (QED) is 0.450. The number of aromatic amines is 1. The summed E-state index contributed by atoms with van der Waals surface area (Å²) < 4.78 is 0. The summed E-state index contributed by atoms with van der Waals surface area (Å²) in [6.07, 6.45) is 2.85. The molecule has 4 nitrogen and oxygen atoms in total. The van der Waals surface area contributed by atoms with Crippen LogP contribution in [0.4, 0.5) is 0 Å². The molecule has 1 amide bonds. The molecule has 8 heteroatoms. The standard InChI is InChI=1S/C19H19Cl2N3OS2/c1-26-9-8-16(19-23-14-4-2-3-5-15(14)24-19)22-18(25)11-27-17-10-12(20)6-7-13(17)21/h2-7,10,16H,8-9,11H2,1H3,(H,22,25)(H,23,24)/t16-/m0/s1. The van der Waals surface area contributed by atoms with Gasteiger partial charge in [0.25, 0.3) is 0 Å². The zero-order chi connectivity index (χ0) is 19.2. The van der Waals surface area contributed by atoms with Gasteiger partial charge in [0.05, 0.1) is 27.9 Å². The Morgan fingerprint density at radius 2 is 2.07 bits per heavy atom. The Kier molecular flexibility index (Phi) is 7.35. The first-order chi connectivity index (χ1) is 13.1. The lowest BCUT2D eigenvalue weighted by Gasteiger charge is -2.16. The molecule has 1 heterocycles. The molecule has 0 saturated heterocycles. The van der Waals surface area contributed by atoms with E-state index in [4.69, 9.17) is 23.2 Å². The molecule has 142 valence electrons. The summed E-state index contributed by atoms with van der Waals surface area (Å²) in [6.45, 7) is 0. The third kappa shape index (κ3) is 5.57. The monoisotopic (exact) mass is 439 g/mol. The summed E-state index contributed by atoms with van der Waals surface area (Å²) in [4.78, 5) is 21.3. The summed E-state index contributed by atoms with van der Waals surface area (Å²) in [7, 11) is 0. The van der Waals surface area contributed by atoms with E-state index in [0.717, 1.165) is 33.9 Å². The number of nitrogens with one attached hydrogen (secondary N) is 2. The van der Waals surface area contributed by atoms with E-state index in [1.807, 2.05) is 24.3 Å². The number of benzene rings is 2. The fraction of sp³-hybridized carbons (Fsp3) is 0.263. The van der Waals surface area contributed by atoms with Crippen molar-refractivity contribution in [1.29, 1.82) is 0 Å². The number of nitrogens with zero attached hydrogens (tertiary/aromatic N) is 1. The Balaban J connectivity index is 1.68. The van der Waals surface area contributed by atoms with Crippen LogP contribution < -0.4 is 5.32 Å². The number of carbonyl (C=O) groups excluding carboxylic acids is 1. The molecule has 0 fully saturated rings. The number of carbonyl (C=O) groups is 1. The smallest absolute Gasteiger partial charge is 0.230 e. The molecule has 0 unspecified atom stereocenters. The summed E-state index contributed by atoms with van der Waals surface area (Å²) in [6, 6.07) is 12.9. The van der Waals surface area contributed by atoms with Crippen LogP contribution in [0, 0.1) is 0 Å². The zero-order valence-electron chi connectivity index (χ0n) is 14.7. The van der Waals surface area contributed by atoms with E-state index >= 15 is 0 Å². The van der Waals surface area contributed by atoms with Crippen molar-refractivity contribution < 1.29 is 4.79 Å². The molecule has 0 aliphatic carbocycles. The second kappa shape index (κ2) is 9.73. The van der Waals surface area contributed by atoms with Crippen LogP contribution >= 0.6 is 46.7 Å². The number of halogens is 2. The molecule has 0 radical (unpaired) electrons. The number of H-pyrrole nitrogens is 1. The molecule has 3 rings (SSSR count). The minimum Gasteiger partial charge on any atom is -0.345 e. The van der Waals surface area contributed by atoms with Crippen molar-refractivity contribution in [3.8, 4) is 0 Å². The third-order valence-corrected chi connectivity index (χ3v) is 6.31. The summed E-state index contributed by atoms with van der Waals surface area (Å²) in [5, 5.41) is 4.28. The molecule has 27 heavy (non-hydrogen) atoms. The maximum Gasteiger partial charge on any atom is 0.230 e. The fourth-order valence-corrected chi connectivity index (χ4v) is 4.39. The number of aromatic nitrogens is 2. The average molecular weight is 440 g/mol. The van der Waals surface area contributed by atoms with Crippen molar-refractivity contribution in [2.75, 3.05) is 17.8 Å². The molecule has 1 atom stereocenters. The van der Waals surface area contributed by atoms with Gasteiger partial charge in [0.15, 0.2) is 0 Å². The lowest BCUT2D eigenvalue weighted by atomic mass is 10.2. The normalized spacial score (nSPS) is 12.3. The van der Waals surface area contributed by atoms with E-state index in [2.05, 4.69) is 21.5 Å². The summed E-state index contributed by atoms with van der Waals surface area (Å²) >= 11 is 15.3. The second-order valence-electron chi connectivity index (χ2n) is 5.90. The van der Waals surface area contributed by atoms with Gasteiger partial charge in [-0.05, 0) is 48.8 Å². The van der Waals surface area contributed by atoms with Gasteiger partial charge < -0.3 is 10.3 Å². The van der Waals surface area contributed by atoms with Crippen molar-refractivity contribution in [2.24, 2.45) is 0 Å². The van der Waals surface area contributed by atoms with Crippen molar-refractivity contribution in [3.63, 3.8) is 0 Å². The number of thioether (sulfide) groups is 2. The lowest BCUT2D eigenvalue weighted by molar-refractivity contribution is -0.119. The van der Waals surface area contributed by atoms with Crippen molar-refractivity contribution in [3.05, 3.63) is 58.3 Å². The highest BCUT2D eigenvalue weighted by Crippen LogP contribution is 2.30. The van der Waals surface area contributed by atoms with Crippen molar-refractivity contribution >= 4 is 63.7 Å². The van der Waals surface area contributed by atoms with Crippen LogP contribution in [0.3, 0.4) is 0 Å². The summed E-state index contributed by atoms with van der Waals surface area (Å²) in [5.74, 6) is 1.90. The average Bonchev–Trinajstić information content (AvgIpc) is 3.10. The Bertz CT molecular complexity index is 899. The first kappa shape index (κ1) is 20.4. The van der Waals surface area contributed by atoms with Crippen LogP contribution in [0.2, 0.25) is 10.0 Å². The van der Waals surface area contributed by atoms with Crippen LogP contribution in [0.5, 0.6) is 0 Å². The molecule has 2 aromatic carbocycles. The predicted molar refractivity (Wildman–Crippen MR) is 117 cm³/mol. The highest BCUT2D eigenvalue weighted by Gasteiger charge is 2.18. The SMILES string of the molecule is CSCC[C@H](NC(=O)CSc1cc(Cl)ccc1Cl)c1nc2ccccc2[nH]1. The van der Waals surface area contributed by atoms with Crippen LogP contribution in [-0.4, -0.2) is 33.6 Å². The van der Waals surface area contributed by atoms with Gasteiger partial charge in [-0.3, -0.25) is 4.79 Å². The van der Waals surface area contributed by atoms with E-state index < -0.39 is 0 Å². The first-order valence-corrected chi connectivity index (χ1v) is 11.5. The van der Waals surface area contributed by atoms with Gasteiger partial charge in [0.1, 0.15) is 5.82 Å². The molecule has 0 aliphatic rings. The Morgan fingerprint density at radius 1 is 1.26 bits per heavy atom. The van der Waals surface area contributed by atoms with Gasteiger partial charge >= 0.3 is 0 Å². The molecule has 0 saturated carbocycles. The molecule has 0 bridgehead atoms. The Hall–Kier alpha value is -1.34. The molecule has 0 spiro atoms. The highest BCUT2D eigenvalue weighted by molar-refractivity contribution is 8.00. The van der Waals surface area contributed by atoms with Gasteiger partial charge in [-0.1, -0.05) is 35.3 Å². The summed E-state index contributed by atoms with van der Waals surface area (Å²) in [5.41, 5.74) is 1.87. The lowest BCUT2D eigenvalue weighted by Crippen LogP contribution is -2.31. The number of para-hydroxylation sites is 2. The van der Waals surface area contributed by atoms with Crippen LogP contribution in [0.1, 0.15) is 18.3 Å². The first-order valence-electron chi connectivity index (χ1n) is 8.37. The fourth-order valence-electron chi connectivity index (χ4n) is 2.62. The number of fused-ring (bicyclic) bond motifs is 1. The number of imidazole rings is 1. The van der Waals surface area contributed by atoms with Gasteiger partial charge in [-0.25, -0.2) is 4.98 Å². The van der Waals surface area contributed by atoms with Gasteiger partial charge in [0, 0.05) is 9.92 Å². The van der Waals surface area contributed by atoms with Gasteiger partial charge in [-0.2, -0.15) is 11.8 Å². The van der Waals surface area contributed by atoms with Crippen LogP contribution in [-0.2, 0) is 4.79 Å². The van der Waals surface area contributed by atoms with E-state index in [1.165, 1.54) is 11.8 Å². The molecule has 3 aromatic rings. The Labute approximate surface area is 176 Å². The zero-order valence-corrected chi connectivity index (χ0v) is 17.8. The number of rotatable bonds is 8. The highest BCUT2D eigenvalue weighted by atomic mass is 35.5. The minimum atomic E-state index is -0.159. The predicted octanol–water partition coefficient (Wildman–Crippen LogP) is 5.57. The molecule has 2 N–H and O–H groups in total. The van der Waals surface area contributed by atoms with Gasteiger partial charge in [-0.15, -0.1) is 11.8 Å². The number of hydrogen-bond acceptors (Lipinski definition) is 4. The van der Waals surface area contributed by atoms with Gasteiger partial charge in [0.2, 0.25) is 5.91 Å². The van der Waals surface area contributed by atoms with E-state index in [9.17, 15) is 4.79 Å². The topological polar surface area (TPSA) is 57.8 Å². The minimum absolute atomic E-state index is 0.0670. The molecule has 1 aromatic heterocycles. The number of amides is 1. The van der Waals surface area contributed by atoms with E-state index in [1.54, 1.807) is 30.0 Å². The second-order valence-corrected chi connectivity index (χ2v) is 8.75. The molecule has 0 aliphatic heterocycles. The Morgan fingerprint density at radius 3 is 2.85 bits per heavy atom. The number of hydrogen-bond donors (Lipinski definition) is 2. The van der Waals surface area contributed by atoms with Crippen molar-refractivity contribution in [1.82, 2.24) is 15.3 Å². The van der Waals surface area contributed by atoms with E-state index in [0.29, 0.717) is 10.0 Å². The maximum atomic E-state index is 12.5. The third-order valence-electron chi connectivity index (χ3n) is 3.94. The van der Waals surface area contributed by atoms with Crippen LogP contribution in [0.15, 0.2) is 47.4 Å². The maximum absolute atomic E-state index is 12.5. The van der Waals surface area contributed by atoms with Crippen molar-refractivity contribution in [2.45, 2.75) is 17.4 Å². The molecular formula is C19H19Cl2N3OS2.